The summed E-state index contributed by atoms with van der Waals surface area (Å²) in [5.41, 5.74) is 0.686. The Hall–Kier alpha value is -1.40. The van der Waals surface area contributed by atoms with Gasteiger partial charge < -0.3 is 4.90 Å². The number of hydrogen-bond donors (Lipinski definition) is 0. The number of sulfonamides is 1. The van der Waals surface area contributed by atoms with Gasteiger partial charge in [-0.25, -0.2) is 8.42 Å². The van der Waals surface area contributed by atoms with Crippen molar-refractivity contribution in [3.63, 3.8) is 0 Å². The quantitative estimate of drug-likeness (QED) is 0.768. The van der Waals surface area contributed by atoms with Crippen LogP contribution < -0.4 is 0 Å². The van der Waals surface area contributed by atoms with Crippen LogP contribution in [0.1, 0.15) is 69.7 Å². The second kappa shape index (κ2) is 6.84. The molecule has 3 aliphatic rings. The van der Waals surface area contributed by atoms with E-state index in [1.807, 2.05) is 4.90 Å². The summed E-state index contributed by atoms with van der Waals surface area (Å²) in [6.45, 7) is 8.80. The molecule has 6 heteroatoms. The Kier molecular flexibility index (Phi) is 4.86. The lowest BCUT2D eigenvalue weighted by atomic mass is 9.65. The summed E-state index contributed by atoms with van der Waals surface area (Å²) in [5, 5.41) is 0. The standard InChI is InChI=1S/C22H32N2O3S/c1-21(2)13-18-14-22(3,15-21)16-24(18)28(26,27)19-9-7-8-17(12-19)20(25)23-10-5-4-6-11-23/h7-9,12,18H,4-6,10-11,13-16H2,1-3H3. The molecule has 2 atom stereocenters. The lowest BCUT2D eigenvalue weighted by Gasteiger charge is -2.39. The Morgan fingerprint density at radius 2 is 1.79 bits per heavy atom. The third-order valence-corrected chi connectivity index (χ3v) is 8.59. The summed E-state index contributed by atoms with van der Waals surface area (Å²) < 4.78 is 28.7. The number of carbonyl (C=O) groups excluding carboxylic acids is 1. The first kappa shape index (κ1) is 19.9. The number of likely N-dealkylation sites (tertiary alicyclic amines) is 1. The van der Waals surface area contributed by atoms with Crippen LogP contribution in [0.3, 0.4) is 0 Å². The maximum Gasteiger partial charge on any atom is 0.253 e. The smallest absolute Gasteiger partial charge is 0.253 e. The van der Waals surface area contributed by atoms with E-state index in [1.54, 1.807) is 28.6 Å². The molecule has 2 saturated heterocycles. The van der Waals surface area contributed by atoms with Crippen LogP contribution in [0.25, 0.3) is 0 Å². The Bertz CT molecular complexity index is 874. The van der Waals surface area contributed by atoms with Gasteiger partial charge in [0, 0.05) is 31.2 Å². The van der Waals surface area contributed by atoms with Gasteiger partial charge in [0.05, 0.1) is 4.90 Å². The maximum atomic E-state index is 13.5. The Morgan fingerprint density at radius 3 is 2.50 bits per heavy atom. The van der Waals surface area contributed by atoms with Gasteiger partial charge in [-0.1, -0.05) is 26.8 Å². The summed E-state index contributed by atoms with van der Waals surface area (Å²) in [5.74, 6) is -0.0509. The number of rotatable bonds is 3. The zero-order valence-corrected chi connectivity index (χ0v) is 18.1. The molecule has 5 nitrogen and oxygen atoms in total. The van der Waals surface area contributed by atoms with Gasteiger partial charge in [-0.05, 0) is 67.6 Å². The van der Waals surface area contributed by atoms with Crippen LogP contribution in [-0.4, -0.2) is 49.2 Å². The fourth-order valence-electron chi connectivity index (χ4n) is 5.89. The molecule has 2 unspecified atom stereocenters. The highest BCUT2D eigenvalue weighted by molar-refractivity contribution is 7.89. The molecule has 0 spiro atoms. The van der Waals surface area contributed by atoms with Gasteiger partial charge >= 0.3 is 0 Å². The lowest BCUT2D eigenvalue weighted by molar-refractivity contribution is 0.0724. The average molecular weight is 405 g/mol. The lowest BCUT2D eigenvalue weighted by Crippen LogP contribution is -2.38. The highest BCUT2D eigenvalue weighted by Crippen LogP contribution is 2.53. The van der Waals surface area contributed by atoms with Crippen molar-refractivity contribution in [3.05, 3.63) is 29.8 Å². The minimum absolute atomic E-state index is 0.0424. The zero-order valence-electron chi connectivity index (χ0n) is 17.3. The highest BCUT2D eigenvalue weighted by Gasteiger charge is 2.53. The molecule has 28 heavy (non-hydrogen) atoms. The average Bonchev–Trinajstić information content (AvgIpc) is 2.91. The van der Waals surface area contributed by atoms with Crippen molar-refractivity contribution < 1.29 is 13.2 Å². The molecule has 1 aromatic carbocycles. The Morgan fingerprint density at radius 1 is 1.07 bits per heavy atom. The van der Waals surface area contributed by atoms with E-state index in [0.29, 0.717) is 12.1 Å². The van der Waals surface area contributed by atoms with Gasteiger partial charge in [0.1, 0.15) is 0 Å². The molecular weight excluding hydrogens is 372 g/mol. The van der Waals surface area contributed by atoms with E-state index in [9.17, 15) is 13.2 Å². The molecule has 154 valence electrons. The molecular formula is C22H32N2O3S. The molecule has 0 aromatic heterocycles. The number of piperidine rings is 1. The summed E-state index contributed by atoms with van der Waals surface area (Å²) in [6, 6.07) is 6.72. The van der Waals surface area contributed by atoms with Crippen LogP contribution in [0.2, 0.25) is 0 Å². The van der Waals surface area contributed by atoms with Crippen molar-refractivity contribution in [2.75, 3.05) is 19.6 Å². The highest BCUT2D eigenvalue weighted by atomic mass is 32.2. The number of amides is 1. The second-order valence-corrected chi connectivity index (χ2v) is 12.0. The summed E-state index contributed by atoms with van der Waals surface area (Å²) in [7, 11) is -3.61. The second-order valence-electron chi connectivity index (χ2n) is 10.1. The molecule has 1 saturated carbocycles. The van der Waals surface area contributed by atoms with Gasteiger partial charge in [-0.2, -0.15) is 4.31 Å². The predicted octanol–water partition coefficient (Wildman–Crippen LogP) is 3.90. The van der Waals surface area contributed by atoms with Crippen molar-refractivity contribution in [2.24, 2.45) is 10.8 Å². The van der Waals surface area contributed by atoms with Crippen LogP contribution in [0.4, 0.5) is 0 Å². The fourth-order valence-corrected chi connectivity index (χ4v) is 7.71. The van der Waals surface area contributed by atoms with Crippen molar-refractivity contribution in [1.29, 1.82) is 0 Å². The van der Waals surface area contributed by atoms with Crippen molar-refractivity contribution in [1.82, 2.24) is 9.21 Å². The van der Waals surface area contributed by atoms with Crippen LogP contribution in [0, 0.1) is 10.8 Å². The van der Waals surface area contributed by atoms with Crippen LogP contribution in [0.5, 0.6) is 0 Å². The maximum absolute atomic E-state index is 13.5. The SMILES string of the molecule is CC1(C)CC2CC(C)(CN2S(=O)(=O)c2cccc(C(=O)N3CCCCC3)c2)C1. The number of fused-ring (bicyclic) bond motifs is 2. The van der Waals surface area contributed by atoms with Crippen molar-refractivity contribution in [3.8, 4) is 0 Å². The molecule has 4 rings (SSSR count). The summed E-state index contributed by atoms with van der Waals surface area (Å²) in [4.78, 5) is 14.9. The van der Waals surface area contributed by atoms with Crippen molar-refractivity contribution in [2.45, 2.75) is 70.2 Å². The first-order valence-corrected chi connectivity index (χ1v) is 12.0. The fraction of sp³-hybridized carbons (Fsp3) is 0.682. The van der Waals surface area contributed by atoms with E-state index >= 15 is 0 Å². The Balaban J connectivity index is 1.61. The van der Waals surface area contributed by atoms with E-state index in [4.69, 9.17) is 0 Å². The van der Waals surface area contributed by atoms with Crippen LogP contribution >= 0.6 is 0 Å². The van der Waals surface area contributed by atoms with E-state index in [-0.39, 0.29) is 27.7 Å². The molecule has 2 bridgehead atoms. The third-order valence-electron chi connectivity index (χ3n) is 6.70. The van der Waals surface area contributed by atoms with Gasteiger partial charge in [-0.15, -0.1) is 0 Å². The largest absolute Gasteiger partial charge is 0.339 e. The minimum Gasteiger partial charge on any atom is -0.339 e. The summed E-state index contributed by atoms with van der Waals surface area (Å²) >= 11 is 0. The molecule has 1 aromatic rings. The summed E-state index contributed by atoms with van der Waals surface area (Å²) in [6.07, 6.45) is 6.08. The van der Waals surface area contributed by atoms with Crippen LogP contribution in [0.15, 0.2) is 29.2 Å². The number of benzene rings is 1. The molecule has 1 aliphatic carbocycles. The van der Waals surface area contributed by atoms with Crippen molar-refractivity contribution >= 4 is 15.9 Å². The first-order chi connectivity index (χ1) is 13.1. The molecule has 0 radical (unpaired) electrons. The van der Waals surface area contributed by atoms with Gasteiger partial charge in [0.25, 0.3) is 5.91 Å². The number of carbonyl (C=O) groups is 1. The predicted molar refractivity (Wildman–Crippen MR) is 110 cm³/mol. The Labute approximate surface area is 169 Å². The van der Waals surface area contributed by atoms with E-state index in [1.165, 1.54) is 0 Å². The van der Waals surface area contributed by atoms with Crippen LogP contribution in [-0.2, 0) is 10.0 Å². The molecule has 0 N–H and O–H groups in total. The zero-order chi connectivity index (χ0) is 20.2. The normalized spacial score (nSPS) is 30.4. The first-order valence-electron chi connectivity index (χ1n) is 10.5. The molecule has 3 fully saturated rings. The van der Waals surface area contributed by atoms with E-state index in [0.717, 1.165) is 51.6 Å². The monoisotopic (exact) mass is 404 g/mol. The van der Waals surface area contributed by atoms with E-state index in [2.05, 4.69) is 20.8 Å². The molecule has 2 heterocycles. The number of hydrogen-bond acceptors (Lipinski definition) is 3. The topological polar surface area (TPSA) is 57.7 Å². The van der Waals surface area contributed by atoms with E-state index < -0.39 is 10.0 Å². The van der Waals surface area contributed by atoms with Gasteiger partial charge in [0.2, 0.25) is 10.0 Å². The van der Waals surface area contributed by atoms with Gasteiger partial charge in [0.15, 0.2) is 0 Å². The molecule has 2 aliphatic heterocycles. The minimum atomic E-state index is -3.61. The third kappa shape index (κ3) is 3.61. The van der Waals surface area contributed by atoms with Gasteiger partial charge in [-0.3, -0.25) is 4.79 Å². The molecule has 1 amide bonds. The number of nitrogens with zero attached hydrogens (tertiary/aromatic N) is 2.